The van der Waals surface area contributed by atoms with Crippen LogP contribution >= 0.6 is 27.5 Å². The van der Waals surface area contributed by atoms with Crippen molar-refractivity contribution in [3.05, 3.63) is 39.8 Å². The molecule has 0 aromatic heterocycles. The molecule has 84 valence electrons. The molecule has 0 amide bonds. The van der Waals surface area contributed by atoms with Gasteiger partial charge in [0.15, 0.2) is 0 Å². The van der Waals surface area contributed by atoms with Crippen LogP contribution in [0.2, 0.25) is 5.02 Å². The number of halogens is 4. The smallest absolute Gasteiger partial charge is 0.387 e. The zero-order chi connectivity index (χ0) is 11.7. The van der Waals surface area contributed by atoms with Crippen molar-refractivity contribution >= 4 is 38.3 Å². The fraction of sp³-hybridized carbons (Fsp3) is 0.0909. The van der Waals surface area contributed by atoms with Crippen LogP contribution < -0.4 is 4.74 Å². The summed E-state index contributed by atoms with van der Waals surface area (Å²) in [6.45, 7) is -2.87. The van der Waals surface area contributed by atoms with Crippen molar-refractivity contribution in [3.8, 4) is 5.75 Å². The summed E-state index contributed by atoms with van der Waals surface area (Å²) in [5.74, 6) is -0.00788. The van der Waals surface area contributed by atoms with Crippen molar-refractivity contribution in [2.45, 2.75) is 6.61 Å². The number of ether oxygens (including phenoxy) is 1. The molecule has 2 rings (SSSR count). The highest BCUT2D eigenvalue weighted by atomic mass is 79.9. The minimum atomic E-state index is -2.87. The summed E-state index contributed by atoms with van der Waals surface area (Å²) < 4.78 is 29.4. The van der Waals surface area contributed by atoms with Crippen LogP contribution in [-0.4, -0.2) is 6.61 Å². The molecule has 0 saturated heterocycles. The van der Waals surface area contributed by atoms with Gasteiger partial charge in [-0.1, -0.05) is 39.7 Å². The summed E-state index contributed by atoms with van der Waals surface area (Å²) >= 11 is 9.29. The molecule has 2 aromatic rings. The van der Waals surface area contributed by atoms with E-state index in [1.165, 1.54) is 6.07 Å². The van der Waals surface area contributed by atoms with Crippen molar-refractivity contribution in [1.82, 2.24) is 0 Å². The number of alkyl halides is 2. The highest BCUT2D eigenvalue weighted by molar-refractivity contribution is 9.10. The minimum absolute atomic E-state index is 0.00788. The van der Waals surface area contributed by atoms with Gasteiger partial charge in [-0.15, -0.1) is 0 Å². The van der Waals surface area contributed by atoms with Gasteiger partial charge in [-0.3, -0.25) is 0 Å². The lowest BCUT2D eigenvalue weighted by atomic mass is 10.1. The minimum Gasteiger partial charge on any atom is -0.433 e. The van der Waals surface area contributed by atoms with E-state index in [1.54, 1.807) is 18.2 Å². The molecular formula is C11H6BrClF2O. The van der Waals surface area contributed by atoms with Gasteiger partial charge in [-0.05, 0) is 23.6 Å². The molecule has 1 nitrogen and oxygen atoms in total. The first-order valence-electron chi connectivity index (χ1n) is 4.40. The Bertz CT molecular complexity index is 531. The van der Waals surface area contributed by atoms with Crippen LogP contribution in [-0.2, 0) is 0 Å². The van der Waals surface area contributed by atoms with Gasteiger partial charge in [0.1, 0.15) is 5.75 Å². The van der Waals surface area contributed by atoms with E-state index in [0.717, 1.165) is 9.86 Å². The third-order valence-corrected chi connectivity index (χ3v) is 2.98. The lowest BCUT2D eigenvalue weighted by Gasteiger charge is -2.09. The maximum Gasteiger partial charge on any atom is 0.387 e. The van der Waals surface area contributed by atoms with Gasteiger partial charge in [0.25, 0.3) is 0 Å². The zero-order valence-electron chi connectivity index (χ0n) is 7.88. The second kappa shape index (κ2) is 4.55. The lowest BCUT2D eigenvalue weighted by Crippen LogP contribution is -2.02. The third kappa shape index (κ3) is 2.28. The lowest BCUT2D eigenvalue weighted by molar-refractivity contribution is -0.0496. The van der Waals surface area contributed by atoms with E-state index in [0.29, 0.717) is 5.39 Å². The largest absolute Gasteiger partial charge is 0.433 e. The Hall–Kier alpha value is -0.870. The fourth-order valence-corrected chi connectivity index (χ4v) is 2.09. The molecule has 0 atom stereocenters. The molecule has 0 heterocycles. The molecule has 0 saturated carbocycles. The van der Waals surface area contributed by atoms with Gasteiger partial charge in [-0.2, -0.15) is 8.78 Å². The van der Waals surface area contributed by atoms with Crippen molar-refractivity contribution < 1.29 is 13.5 Å². The van der Waals surface area contributed by atoms with Crippen LogP contribution in [0.3, 0.4) is 0 Å². The standard InChI is InChI=1S/C11H6BrClF2O/c12-7-2-3-8-6(5-7)1-4-9(10(8)13)16-11(14)15/h1-5,11H. The van der Waals surface area contributed by atoms with Gasteiger partial charge in [0.05, 0.1) is 5.02 Å². The SMILES string of the molecule is FC(F)Oc1ccc2cc(Br)ccc2c1Cl. The molecule has 0 N–H and O–H groups in total. The first-order chi connectivity index (χ1) is 7.58. The van der Waals surface area contributed by atoms with E-state index in [4.69, 9.17) is 11.6 Å². The maximum atomic E-state index is 12.1. The molecular weight excluding hydrogens is 301 g/mol. The van der Waals surface area contributed by atoms with Gasteiger partial charge >= 0.3 is 6.61 Å². The molecule has 16 heavy (non-hydrogen) atoms. The van der Waals surface area contributed by atoms with Crippen molar-refractivity contribution in [2.75, 3.05) is 0 Å². The zero-order valence-corrected chi connectivity index (χ0v) is 10.2. The molecule has 0 radical (unpaired) electrons. The van der Waals surface area contributed by atoms with Crippen LogP contribution in [0.1, 0.15) is 0 Å². The highest BCUT2D eigenvalue weighted by Gasteiger charge is 2.11. The normalized spacial score (nSPS) is 11.1. The number of benzene rings is 2. The molecule has 0 aliphatic rings. The topological polar surface area (TPSA) is 9.23 Å². The Labute approximate surface area is 104 Å². The molecule has 2 aromatic carbocycles. The van der Waals surface area contributed by atoms with Crippen LogP contribution in [0, 0.1) is 0 Å². The van der Waals surface area contributed by atoms with Crippen LogP contribution in [0.4, 0.5) is 8.78 Å². The Morgan fingerprint density at radius 3 is 2.62 bits per heavy atom. The van der Waals surface area contributed by atoms with Gasteiger partial charge in [0.2, 0.25) is 0 Å². The highest BCUT2D eigenvalue weighted by Crippen LogP contribution is 2.34. The van der Waals surface area contributed by atoms with E-state index in [2.05, 4.69) is 20.7 Å². The third-order valence-electron chi connectivity index (χ3n) is 2.10. The summed E-state index contributed by atoms with van der Waals surface area (Å²) in [6.07, 6.45) is 0. The Morgan fingerprint density at radius 1 is 1.19 bits per heavy atom. The fourth-order valence-electron chi connectivity index (χ4n) is 1.43. The van der Waals surface area contributed by atoms with Crippen LogP contribution in [0.5, 0.6) is 5.75 Å². The van der Waals surface area contributed by atoms with Gasteiger partial charge in [-0.25, -0.2) is 0 Å². The summed E-state index contributed by atoms with van der Waals surface area (Å²) in [5.41, 5.74) is 0. The van der Waals surface area contributed by atoms with Gasteiger partial charge < -0.3 is 4.74 Å². The molecule has 0 aliphatic heterocycles. The van der Waals surface area contributed by atoms with E-state index in [9.17, 15) is 8.78 Å². The van der Waals surface area contributed by atoms with Crippen LogP contribution in [0.25, 0.3) is 10.8 Å². The first kappa shape index (κ1) is 11.6. The maximum absolute atomic E-state index is 12.1. The summed E-state index contributed by atoms with van der Waals surface area (Å²) in [7, 11) is 0. The summed E-state index contributed by atoms with van der Waals surface area (Å²) in [4.78, 5) is 0. The van der Waals surface area contributed by atoms with E-state index in [1.807, 2.05) is 6.07 Å². The van der Waals surface area contributed by atoms with Crippen molar-refractivity contribution in [3.63, 3.8) is 0 Å². The van der Waals surface area contributed by atoms with Gasteiger partial charge in [0, 0.05) is 9.86 Å². The predicted molar refractivity (Wildman–Crippen MR) is 63.3 cm³/mol. The van der Waals surface area contributed by atoms with E-state index < -0.39 is 6.61 Å². The van der Waals surface area contributed by atoms with Crippen LogP contribution in [0.15, 0.2) is 34.8 Å². The second-order valence-corrected chi connectivity index (χ2v) is 4.42. The average Bonchev–Trinajstić information content (AvgIpc) is 2.22. The molecule has 5 heteroatoms. The van der Waals surface area contributed by atoms with E-state index >= 15 is 0 Å². The Morgan fingerprint density at radius 2 is 1.94 bits per heavy atom. The number of fused-ring (bicyclic) bond motifs is 1. The van der Waals surface area contributed by atoms with Crippen molar-refractivity contribution in [1.29, 1.82) is 0 Å². The Kier molecular flexibility index (Phi) is 3.30. The van der Waals surface area contributed by atoms with Crippen molar-refractivity contribution in [2.24, 2.45) is 0 Å². The Balaban J connectivity index is 2.56. The predicted octanol–water partition coefficient (Wildman–Crippen LogP) is 4.86. The molecule has 0 spiro atoms. The number of hydrogen-bond acceptors (Lipinski definition) is 1. The number of rotatable bonds is 2. The first-order valence-corrected chi connectivity index (χ1v) is 5.57. The average molecular weight is 308 g/mol. The second-order valence-electron chi connectivity index (χ2n) is 3.12. The molecule has 0 unspecified atom stereocenters. The molecule has 0 aliphatic carbocycles. The molecule has 0 bridgehead atoms. The monoisotopic (exact) mass is 306 g/mol. The van der Waals surface area contributed by atoms with E-state index in [-0.39, 0.29) is 10.8 Å². The number of hydrogen-bond donors (Lipinski definition) is 0. The quantitative estimate of drug-likeness (QED) is 0.770. The molecule has 0 fully saturated rings. The summed E-state index contributed by atoms with van der Waals surface area (Å²) in [5, 5.41) is 1.74. The summed E-state index contributed by atoms with van der Waals surface area (Å²) in [6, 6.07) is 8.51.